The molecular weight excluding hydrogens is 253 g/mol. The van der Waals surface area contributed by atoms with Gasteiger partial charge < -0.3 is 0 Å². The van der Waals surface area contributed by atoms with Crippen LogP contribution in [0, 0.1) is 5.82 Å². The van der Waals surface area contributed by atoms with E-state index >= 15 is 0 Å². The largest absolute Gasteiger partial charge is 0.284 e. The van der Waals surface area contributed by atoms with Crippen molar-refractivity contribution in [2.24, 2.45) is 0 Å². The van der Waals surface area contributed by atoms with Gasteiger partial charge >= 0.3 is 0 Å². The number of hydrogen-bond acceptors (Lipinski definition) is 1. The number of rotatable bonds is 2. The Labute approximate surface area is 115 Å². The molecule has 0 saturated carbocycles. The van der Waals surface area contributed by atoms with Gasteiger partial charge in [-0.05, 0) is 17.7 Å². The Balaban J connectivity index is 2.51. The Hall–Kier alpha value is -2.68. The van der Waals surface area contributed by atoms with Crippen molar-refractivity contribution in [1.82, 2.24) is 4.57 Å². The van der Waals surface area contributed by atoms with Crippen LogP contribution in [0.1, 0.15) is 0 Å². The molecule has 0 N–H and O–H groups in total. The van der Waals surface area contributed by atoms with Crippen LogP contribution >= 0.6 is 0 Å². The summed E-state index contributed by atoms with van der Waals surface area (Å²) in [6.45, 7) is 3.65. The van der Waals surface area contributed by atoms with Gasteiger partial charge in [0.25, 0.3) is 5.56 Å². The maximum atomic E-state index is 14.7. The molecule has 0 atom stereocenters. The highest BCUT2D eigenvalue weighted by molar-refractivity contribution is 5.86. The molecule has 3 heteroatoms. The molecule has 3 aromatic rings. The van der Waals surface area contributed by atoms with Crippen molar-refractivity contribution in [2.45, 2.75) is 0 Å². The lowest BCUT2D eigenvalue weighted by atomic mass is 10.0. The third kappa shape index (κ3) is 1.75. The lowest BCUT2D eigenvalue weighted by molar-refractivity contribution is 0.639. The predicted molar refractivity (Wildman–Crippen MR) is 80.0 cm³/mol. The van der Waals surface area contributed by atoms with Gasteiger partial charge in [-0.3, -0.25) is 9.36 Å². The minimum Gasteiger partial charge on any atom is -0.284 e. The van der Waals surface area contributed by atoms with Crippen LogP contribution in [0.15, 0.2) is 66.0 Å². The summed E-state index contributed by atoms with van der Waals surface area (Å²) in [7, 11) is 0. The molecule has 2 aromatic carbocycles. The zero-order valence-corrected chi connectivity index (χ0v) is 10.7. The van der Waals surface area contributed by atoms with Crippen LogP contribution in [-0.2, 0) is 0 Å². The van der Waals surface area contributed by atoms with E-state index in [9.17, 15) is 9.18 Å². The second kappa shape index (κ2) is 4.78. The predicted octanol–water partition coefficient (Wildman–Crippen LogP) is 3.91. The van der Waals surface area contributed by atoms with Crippen molar-refractivity contribution in [1.29, 1.82) is 0 Å². The summed E-state index contributed by atoms with van der Waals surface area (Å²) in [5.41, 5.74) is 0.757. The number of nitrogens with zero attached hydrogens (tertiary/aromatic N) is 1. The zero-order chi connectivity index (χ0) is 14.1. The first-order valence-corrected chi connectivity index (χ1v) is 6.24. The highest BCUT2D eigenvalue weighted by atomic mass is 19.1. The number of halogens is 1. The highest BCUT2D eigenvalue weighted by Crippen LogP contribution is 2.25. The fourth-order valence-corrected chi connectivity index (χ4v) is 2.36. The Morgan fingerprint density at radius 1 is 1.00 bits per heavy atom. The second-order valence-corrected chi connectivity index (χ2v) is 4.43. The van der Waals surface area contributed by atoms with Crippen LogP contribution in [0.4, 0.5) is 4.39 Å². The van der Waals surface area contributed by atoms with Crippen molar-refractivity contribution in [2.75, 3.05) is 0 Å². The van der Waals surface area contributed by atoms with E-state index in [-0.39, 0.29) is 5.56 Å². The van der Waals surface area contributed by atoms with Gasteiger partial charge in [-0.1, -0.05) is 49.0 Å². The summed E-state index contributed by atoms with van der Waals surface area (Å²) in [6, 6.07) is 15.7. The molecule has 0 unspecified atom stereocenters. The first-order valence-electron chi connectivity index (χ1n) is 6.24. The molecule has 0 spiro atoms. The molecule has 0 amide bonds. The first kappa shape index (κ1) is 12.4. The fourth-order valence-electron chi connectivity index (χ4n) is 2.36. The van der Waals surface area contributed by atoms with E-state index in [1.807, 2.05) is 6.07 Å². The van der Waals surface area contributed by atoms with Gasteiger partial charge in [0.2, 0.25) is 0 Å². The monoisotopic (exact) mass is 265 g/mol. The minimum atomic E-state index is -0.491. The number of pyridine rings is 1. The normalized spacial score (nSPS) is 10.7. The lowest BCUT2D eigenvalue weighted by Gasteiger charge is -2.11. The van der Waals surface area contributed by atoms with Gasteiger partial charge in [-0.25, -0.2) is 4.39 Å². The average molecular weight is 265 g/mol. The minimum absolute atomic E-state index is 0.0733. The Morgan fingerprint density at radius 2 is 1.65 bits per heavy atom. The molecule has 0 saturated heterocycles. The summed E-state index contributed by atoms with van der Waals surface area (Å²) in [6.07, 6.45) is 1.41. The van der Waals surface area contributed by atoms with Crippen molar-refractivity contribution >= 4 is 17.1 Å². The average Bonchev–Trinajstić information content (AvgIpc) is 2.49. The van der Waals surface area contributed by atoms with Crippen LogP contribution in [0.5, 0.6) is 0 Å². The third-order valence-electron chi connectivity index (χ3n) is 3.30. The molecule has 0 radical (unpaired) electrons. The molecule has 0 bridgehead atoms. The number of aromatic nitrogens is 1. The van der Waals surface area contributed by atoms with E-state index in [2.05, 4.69) is 6.58 Å². The standard InChI is InChI=1S/C17H12FNO/c1-2-19-14-11-7-6-10-13(14)16(18)15(17(19)20)12-8-4-3-5-9-12/h2-11H,1H2. The van der Waals surface area contributed by atoms with E-state index in [4.69, 9.17) is 0 Å². The van der Waals surface area contributed by atoms with E-state index in [0.29, 0.717) is 16.5 Å². The number of para-hydroxylation sites is 1. The Bertz CT molecular complexity index is 850. The van der Waals surface area contributed by atoms with Gasteiger partial charge in [0, 0.05) is 11.6 Å². The summed E-state index contributed by atoms with van der Waals surface area (Å²) >= 11 is 0. The van der Waals surface area contributed by atoms with Crippen LogP contribution in [0.25, 0.3) is 28.2 Å². The van der Waals surface area contributed by atoms with Gasteiger partial charge in [-0.15, -0.1) is 0 Å². The van der Waals surface area contributed by atoms with E-state index in [1.54, 1.807) is 48.5 Å². The van der Waals surface area contributed by atoms with Crippen LogP contribution in [0.2, 0.25) is 0 Å². The molecule has 98 valence electrons. The number of hydrogen-bond donors (Lipinski definition) is 0. The van der Waals surface area contributed by atoms with E-state index < -0.39 is 11.4 Å². The fraction of sp³-hybridized carbons (Fsp3) is 0. The molecule has 0 fully saturated rings. The van der Waals surface area contributed by atoms with Crippen molar-refractivity contribution in [3.05, 3.63) is 77.3 Å². The highest BCUT2D eigenvalue weighted by Gasteiger charge is 2.16. The molecule has 1 heterocycles. The van der Waals surface area contributed by atoms with Crippen LogP contribution in [-0.4, -0.2) is 4.57 Å². The summed E-state index contributed by atoms with van der Waals surface area (Å²) in [5.74, 6) is -0.491. The van der Waals surface area contributed by atoms with Crippen molar-refractivity contribution in [3.63, 3.8) is 0 Å². The summed E-state index contributed by atoms with van der Waals surface area (Å²) in [5, 5.41) is 0.408. The summed E-state index contributed by atoms with van der Waals surface area (Å²) < 4.78 is 16.1. The molecule has 0 aliphatic heterocycles. The molecule has 3 rings (SSSR count). The Morgan fingerprint density at radius 3 is 2.35 bits per heavy atom. The van der Waals surface area contributed by atoms with E-state index in [1.165, 1.54) is 10.8 Å². The quantitative estimate of drug-likeness (QED) is 0.688. The molecule has 2 nitrogen and oxygen atoms in total. The molecule has 0 aliphatic rings. The van der Waals surface area contributed by atoms with Gasteiger partial charge in [0.1, 0.15) is 5.82 Å². The second-order valence-electron chi connectivity index (χ2n) is 4.43. The maximum absolute atomic E-state index is 14.7. The zero-order valence-electron chi connectivity index (χ0n) is 10.7. The van der Waals surface area contributed by atoms with Gasteiger partial charge in [-0.2, -0.15) is 0 Å². The maximum Gasteiger partial charge on any atom is 0.265 e. The lowest BCUT2D eigenvalue weighted by Crippen LogP contribution is -2.19. The molecular formula is C17H12FNO. The molecule has 0 aliphatic carbocycles. The smallest absolute Gasteiger partial charge is 0.265 e. The Kier molecular flexibility index (Phi) is 2.95. The molecule has 20 heavy (non-hydrogen) atoms. The van der Waals surface area contributed by atoms with Gasteiger partial charge in [0.15, 0.2) is 0 Å². The molecule has 1 aromatic heterocycles. The number of benzene rings is 2. The van der Waals surface area contributed by atoms with Crippen molar-refractivity contribution < 1.29 is 4.39 Å². The summed E-state index contributed by atoms with van der Waals surface area (Å²) in [4.78, 5) is 12.5. The van der Waals surface area contributed by atoms with Crippen LogP contribution < -0.4 is 5.56 Å². The third-order valence-corrected chi connectivity index (χ3v) is 3.30. The first-order chi connectivity index (χ1) is 9.74. The SMILES string of the molecule is C=Cn1c(=O)c(-c2ccccc2)c(F)c2ccccc21. The van der Waals surface area contributed by atoms with Crippen molar-refractivity contribution in [3.8, 4) is 11.1 Å². The van der Waals surface area contributed by atoms with Gasteiger partial charge in [0.05, 0.1) is 11.1 Å². The van der Waals surface area contributed by atoms with Crippen LogP contribution in [0.3, 0.4) is 0 Å². The number of fused-ring (bicyclic) bond motifs is 1. The van der Waals surface area contributed by atoms with E-state index in [0.717, 1.165) is 0 Å². The topological polar surface area (TPSA) is 22.0 Å².